The molecule has 8 nitrogen and oxygen atoms in total. The molecule has 0 unspecified atom stereocenters. The third kappa shape index (κ3) is 4.47. The average molecular weight is 459 g/mol. The number of rotatable bonds is 5. The molecule has 3 aromatic rings. The van der Waals surface area contributed by atoms with Crippen molar-refractivity contribution in [2.24, 2.45) is 0 Å². The van der Waals surface area contributed by atoms with E-state index in [1.165, 1.54) is 29.5 Å². The molecule has 0 bridgehead atoms. The standard InChI is InChI=1S/C21H19ClN4O4S/c1-30-17-8-7-16(22)20-19(17)23-21(31-20)25-12-10-24(11-13-25)18(27)9-4-14-2-5-15(6-3-14)26(28)29/h2-9H,10-13H2,1H3/b9-4+. The van der Waals surface area contributed by atoms with Crippen LogP contribution in [0, 0.1) is 10.1 Å². The molecule has 0 saturated carbocycles. The lowest BCUT2D eigenvalue weighted by Crippen LogP contribution is -2.48. The normalized spacial score (nSPS) is 14.4. The number of hydrogen-bond donors (Lipinski definition) is 0. The first kappa shape index (κ1) is 21.1. The summed E-state index contributed by atoms with van der Waals surface area (Å²) in [6.45, 7) is 2.47. The molecule has 0 radical (unpaired) electrons. The molecule has 1 aromatic heterocycles. The maximum absolute atomic E-state index is 12.5. The maximum Gasteiger partial charge on any atom is 0.269 e. The van der Waals surface area contributed by atoms with Crippen LogP contribution in [0.2, 0.25) is 5.02 Å². The van der Waals surface area contributed by atoms with Gasteiger partial charge in [-0.15, -0.1) is 0 Å². The van der Waals surface area contributed by atoms with Gasteiger partial charge in [-0.05, 0) is 35.9 Å². The number of nitrogens with zero attached hydrogens (tertiary/aromatic N) is 4. The SMILES string of the molecule is COc1ccc(Cl)c2sc(N3CCN(C(=O)/C=C/c4ccc([N+](=O)[O-])cc4)CC3)nc12. The van der Waals surface area contributed by atoms with E-state index in [0.29, 0.717) is 37.0 Å². The Kier molecular flexibility index (Phi) is 6.06. The highest BCUT2D eigenvalue weighted by Gasteiger charge is 2.23. The van der Waals surface area contributed by atoms with E-state index in [9.17, 15) is 14.9 Å². The highest BCUT2D eigenvalue weighted by Crippen LogP contribution is 2.38. The third-order valence-corrected chi connectivity index (χ3v) is 6.63. The molecule has 0 spiro atoms. The van der Waals surface area contributed by atoms with Gasteiger partial charge < -0.3 is 14.5 Å². The summed E-state index contributed by atoms with van der Waals surface area (Å²) < 4.78 is 6.28. The number of aromatic nitrogens is 1. The monoisotopic (exact) mass is 458 g/mol. The van der Waals surface area contributed by atoms with Crippen LogP contribution in [0.5, 0.6) is 5.75 Å². The van der Waals surface area contributed by atoms with Crippen molar-refractivity contribution in [3.8, 4) is 5.75 Å². The van der Waals surface area contributed by atoms with Gasteiger partial charge in [-0.3, -0.25) is 14.9 Å². The molecule has 1 aliphatic heterocycles. The number of anilines is 1. The van der Waals surface area contributed by atoms with Crippen LogP contribution in [-0.2, 0) is 4.79 Å². The van der Waals surface area contributed by atoms with Crippen molar-refractivity contribution < 1.29 is 14.5 Å². The van der Waals surface area contributed by atoms with E-state index in [1.54, 1.807) is 36.3 Å². The Bertz CT molecular complexity index is 1150. The van der Waals surface area contributed by atoms with Gasteiger partial charge in [0.15, 0.2) is 5.13 Å². The van der Waals surface area contributed by atoms with Gasteiger partial charge in [0, 0.05) is 44.4 Å². The third-order valence-electron chi connectivity index (χ3n) is 5.05. The van der Waals surface area contributed by atoms with Crippen molar-refractivity contribution >= 4 is 56.0 Å². The number of non-ortho nitro benzene ring substituents is 1. The molecule has 2 heterocycles. The van der Waals surface area contributed by atoms with Gasteiger partial charge >= 0.3 is 0 Å². The van der Waals surface area contributed by atoms with Gasteiger partial charge in [0.1, 0.15) is 11.3 Å². The van der Waals surface area contributed by atoms with Gasteiger partial charge in [0.2, 0.25) is 5.91 Å². The number of benzene rings is 2. The number of nitro benzene ring substituents is 1. The zero-order valence-electron chi connectivity index (χ0n) is 16.7. The number of ether oxygens (including phenoxy) is 1. The number of fused-ring (bicyclic) bond motifs is 1. The predicted octanol–water partition coefficient (Wildman–Crippen LogP) is 4.23. The molecule has 1 fully saturated rings. The highest BCUT2D eigenvalue weighted by atomic mass is 35.5. The van der Waals surface area contributed by atoms with Crippen LogP contribution in [0.4, 0.5) is 10.8 Å². The molecule has 31 heavy (non-hydrogen) atoms. The number of piperazine rings is 1. The Morgan fingerprint density at radius 1 is 1.19 bits per heavy atom. The van der Waals surface area contributed by atoms with Gasteiger partial charge in [0.25, 0.3) is 5.69 Å². The number of hydrogen-bond acceptors (Lipinski definition) is 7. The number of thiazole rings is 1. The summed E-state index contributed by atoms with van der Waals surface area (Å²) in [6, 6.07) is 9.68. The minimum Gasteiger partial charge on any atom is -0.494 e. The van der Waals surface area contributed by atoms with E-state index in [0.717, 1.165) is 20.9 Å². The Morgan fingerprint density at radius 2 is 1.90 bits per heavy atom. The fraction of sp³-hybridized carbons (Fsp3) is 0.238. The van der Waals surface area contributed by atoms with Crippen LogP contribution in [0.15, 0.2) is 42.5 Å². The van der Waals surface area contributed by atoms with Gasteiger partial charge in [-0.2, -0.15) is 0 Å². The van der Waals surface area contributed by atoms with Crippen molar-refractivity contribution in [1.29, 1.82) is 0 Å². The first-order chi connectivity index (χ1) is 15.0. The van der Waals surface area contributed by atoms with Crippen LogP contribution in [0.25, 0.3) is 16.3 Å². The van der Waals surface area contributed by atoms with Crippen molar-refractivity contribution in [2.75, 3.05) is 38.2 Å². The molecule has 1 saturated heterocycles. The molecule has 4 rings (SSSR count). The van der Waals surface area contributed by atoms with E-state index >= 15 is 0 Å². The van der Waals surface area contributed by atoms with Crippen molar-refractivity contribution in [3.05, 3.63) is 63.2 Å². The second kappa shape index (κ2) is 8.91. The Morgan fingerprint density at radius 3 is 2.55 bits per heavy atom. The van der Waals surface area contributed by atoms with Crippen LogP contribution < -0.4 is 9.64 Å². The molecular formula is C21H19ClN4O4S. The first-order valence-electron chi connectivity index (χ1n) is 9.55. The van der Waals surface area contributed by atoms with E-state index in [4.69, 9.17) is 21.3 Å². The fourth-order valence-electron chi connectivity index (χ4n) is 3.34. The molecule has 10 heteroatoms. The average Bonchev–Trinajstić information content (AvgIpc) is 3.24. The molecular weight excluding hydrogens is 440 g/mol. The summed E-state index contributed by atoms with van der Waals surface area (Å²) in [5.41, 5.74) is 1.51. The lowest BCUT2D eigenvalue weighted by atomic mass is 10.2. The van der Waals surface area contributed by atoms with Gasteiger partial charge in [-0.1, -0.05) is 22.9 Å². The lowest BCUT2D eigenvalue weighted by molar-refractivity contribution is -0.384. The molecule has 0 N–H and O–H groups in total. The molecule has 0 aliphatic carbocycles. The number of halogens is 1. The van der Waals surface area contributed by atoms with Gasteiger partial charge in [0.05, 0.1) is 21.8 Å². The van der Waals surface area contributed by atoms with Gasteiger partial charge in [-0.25, -0.2) is 4.98 Å². The first-order valence-corrected chi connectivity index (χ1v) is 10.7. The molecule has 0 atom stereocenters. The molecule has 2 aromatic carbocycles. The smallest absolute Gasteiger partial charge is 0.269 e. The lowest BCUT2D eigenvalue weighted by Gasteiger charge is -2.34. The number of carbonyl (C=O) groups is 1. The number of methoxy groups -OCH3 is 1. The summed E-state index contributed by atoms with van der Waals surface area (Å²) in [7, 11) is 1.61. The summed E-state index contributed by atoms with van der Waals surface area (Å²) in [6.07, 6.45) is 3.17. The zero-order chi connectivity index (χ0) is 22.0. The van der Waals surface area contributed by atoms with E-state index in [1.807, 2.05) is 6.07 Å². The molecule has 1 amide bonds. The predicted molar refractivity (Wildman–Crippen MR) is 122 cm³/mol. The quantitative estimate of drug-likeness (QED) is 0.323. The molecule has 1 aliphatic rings. The van der Waals surface area contributed by atoms with E-state index in [-0.39, 0.29) is 11.6 Å². The van der Waals surface area contributed by atoms with Crippen LogP contribution in [-0.4, -0.2) is 54.0 Å². The minimum absolute atomic E-state index is 0.0216. The maximum atomic E-state index is 12.5. The minimum atomic E-state index is -0.451. The molecule has 160 valence electrons. The fourth-order valence-corrected chi connectivity index (χ4v) is 4.65. The topological polar surface area (TPSA) is 88.8 Å². The van der Waals surface area contributed by atoms with Crippen LogP contribution in [0.3, 0.4) is 0 Å². The van der Waals surface area contributed by atoms with Crippen LogP contribution in [0.1, 0.15) is 5.56 Å². The van der Waals surface area contributed by atoms with Crippen molar-refractivity contribution in [3.63, 3.8) is 0 Å². The van der Waals surface area contributed by atoms with Crippen LogP contribution >= 0.6 is 22.9 Å². The summed E-state index contributed by atoms with van der Waals surface area (Å²) in [5.74, 6) is 0.596. The number of nitro groups is 1. The van der Waals surface area contributed by atoms with Crippen molar-refractivity contribution in [2.45, 2.75) is 0 Å². The summed E-state index contributed by atoms with van der Waals surface area (Å²) in [4.78, 5) is 31.4. The number of carbonyl (C=O) groups excluding carboxylic acids is 1. The number of amides is 1. The zero-order valence-corrected chi connectivity index (χ0v) is 18.2. The van der Waals surface area contributed by atoms with Crippen molar-refractivity contribution in [1.82, 2.24) is 9.88 Å². The summed E-state index contributed by atoms with van der Waals surface area (Å²) in [5, 5.41) is 12.2. The Hall–Kier alpha value is -3.17. The van der Waals surface area contributed by atoms with E-state index in [2.05, 4.69) is 4.90 Å². The summed E-state index contributed by atoms with van der Waals surface area (Å²) >= 11 is 7.83. The van der Waals surface area contributed by atoms with E-state index < -0.39 is 4.92 Å². The Labute approximate surface area is 187 Å². The highest BCUT2D eigenvalue weighted by molar-refractivity contribution is 7.22. The second-order valence-corrected chi connectivity index (χ2v) is 8.30. The second-order valence-electron chi connectivity index (χ2n) is 6.92. The Balaban J connectivity index is 1.39. The largest absolute Gasteiger partial charge is 0.494 e.